The third kappa shape index (κ3) is 3.78. The highest BCUT2D eigenvalue weighted by atomic mass is 16.5. The lowest BCUT2D eigenvalue weighted by Crippen LogP contribution is -2.42. The second-order valence-electron chi connectivity index (χ2n) is 3.66. The van der Waals surface area contributed by atoms with Crippen LogP contribution in [0.2, 0.25) is 0 Å². The highest BCUT2D eigenvalue weighted by molar-refractivity contribution is 5.71. The average molecular weight is 223 g/mol. The van der Waals surface area contributed by atoms with Gasteiger partial charge < -0.3 is 19.6 Å². The van der Waals surface area contributed by atoms with Gasteiger partial charge in [0.05, 0.1) is 24.3 Å². The number of aliphatic carboxylic acids is 1. The molecule has 0 saturated carbocycles. The van der Waals surface area contributed by atoms with Crippen LogP contribution in [-0.4, -0.2) is 18.6 Å². The number of carboxylic acids is 1. The molecule has 0 aliphatic heterocycles. The Kier molecular flexibility index (Phi) is 4.13. The van der Waals surface area contributed by atoms with Crippen LogP contribution in [0.4, 0.5) is 5.69 Å². The van der Waals surface area contributed by atoms with Crippen molar-refractivity contribution in [2.45, 2.75) is 20.0 Å². The Balaban J connectivity index is 2.77. The predicted molar refractivity (Wildman–Crippen MR) is 58.7 cm³/mol. The maximum atomic E-state index is 10.4. The van der Waals surface area contributed by atoms with Gasteiger partial charge in [-0.05, 0) is 26.0 Å². The number of nitrogens with two attached hydrogens (primary N) is 1. The first-order valence-corrected chi connectivity index (χ1v) is 4.98. The molecule has 0 unspecified atom stereocenters. The standard InChI is InChI=1S/C11H16N2O3/c1-8(2)16-10-5-3-4-9(6-10)13(12)7-11(14)15/h3-6,8H,7,12H2,1-2H3,(H,14,15)/p-1. The highest BCUT2D eigenvalue weighted by Gasteiger charge is 2.04. The normalized spacial score (nSPS) is 10.2. The Morgan fingerprint density at radius 3 is 2.81 bits per heavy atom. The number of carbonyl (C=O) groups excluding carboxylic acids is 1. The number of anilines is 1. The average Bonchev–Trinajstić information content (AvgIpc) is 2.16. The van der Waals surface area contributed by atoms with Crippen molar-refractivity contribution in [3.05, 3.63) is 24.3 Å². The largest absolute Gasteiger partial charge is 0.548 e. The van der Waals surface area contributed by atoms with Crippen molar-refractivity contribution >= 4 is 11.7 Å². The van der Waals surface area contributed by atoms with Crippen molar-refractivity contribution in [3.63, 3.8) is 0 Å². The van der Waals surface area contributed by atoms with E-state index in [9.17, 15) is 9.90 Å². The second-order valence-corrected chi connectivity index (χ2v) is 3.66. The molecule has 0 aromatic heterocycles. The van der Waals surface area contributed by atoms with Gasteiger partial charge in [-0.3, -0.25) is 0 Å². The lowest BCUT2D eigenvalue weighted by Gasteiger charge is -2.20. The minimum Gasteiger partial charge on any atom is -0.548 e. The molecule has 1 aromatic carbocycles. The fourth-order valence-corrected chi connectivity index (χ4v) is 1.24. The Morgan fingerprint density at radius 2 is 2.25 bits per heavy atom. The minimum atomic E-state index is -1.22. The summed E-state index contributed by atoms with van der Waals surface area (Å²) in [6.45, 7) is 3.47. The number of benzene rings is 1. The lowest BCUT2D eigenvalue weighted by molar-refractivity contribution is -0.303. The Labute approximate surface area is 94.4 Å². The number of carboxylic acid groups (broad SMARTS) is 1. The van der Waals surface area contributed by atoms with E-state index in [1.165, 1.54) is 0 Å². The summed E-state index contributed by atoms with van der Waals surface area (Å²) >= 11 is 0. The van der Waals surface area contributed by atoms with Crippen LogP contribution in [0.5, 0.6) is 5.75 Å². The van der Waals surface area contributed by atoms with Gasteiger partial charge in [-0.25, -0.2) is 5.84 Å². The van der Waals surface area contributed by atoms with E-state index in [4.69, 9.17) is 10.6 Å². The molecule has 1 rings (SSSR count). The van der Waals surface area contributed by atoms with Gasteiger partial charge in [-0.15, -0.1) is 0 Å². The summed E-state index contributed by atoms with van der Waals surface area (Å²) < 4.78 is 5.46. The van der Waals surface area contributed by atoms with Gasteiger partial charge in [-0.1, -0.05) is 6.07 Å². The van der Waals surface area contributed by atoms with Gasteiger partial charge in [0.2, 0.25) is 0 Å². The zero-order chi connectivity index (χ0) is 12.1. The molecule has 0 fully saturated rings. The van der Waals surface area contributed by atoms with Gasteiger partial charge in [0.25, 0.3) is 0 Å². The van der Waals surface area contributed by atoms with Gasteiger partial charge in [0.15, 0.2) is 0 Å². The summed E-state index contributed by atoms with van der Waals surface area (Å²) in [7, 11) is 0. The molecule has 0 bridgehead atoms. The Morgan fingerprint density at radius 1 is 1.56 bits per heavy atom. The Bertz CT molecular complexity index is 366. The Hall–Kier alpha value is -1.75. The molecule has 16 heavy (non-hydrogen) atoms. The van der Waals surface area contributed by atoms with E-state index in [1.54, 1.807) is 24.3 Å². The van der Waals surface area contributed by atoms with E-state index < -0.39 is 5.97 Å². The number of hydrazine groups is 1. The number of nitrogens with zero attached hydrogens (tertiary/aromatic N) is 1. The van der Waals surface area contributed by atoms with E-state index in [0.717, 1.165) is 5.01 Å². The van der Waals surface area contributed by atoms with Crippen LogP contribution in [0, 0.1) is 0 Å². The molecular formula is C11H15N2O3-. The van der Waals surface area contributed by atoms with Crippen LogP contribution >= 0.6 is 0 Å². The molecule has 0 aliphatic carbocycles. The molecule has 1 aromatic rings. The van der Waals surface area contributed by atoms with Gasteiger partial charge >= 0.3 is 0 Å². The number of hydrogen-bond acceptors (Lipinski definition) is 5. The van der Waals surface area contributed by atoms with Crippen LogP contribution in [-0.2, 0) is 4.79 Å². The molecule has 0 aliphatic rings. The molecule has 5 nitrogen and oxygen atoms in total. The summed E-state index contributed by atoms with van der Waals surface area (Å²) in [5, 5.41) is 11.5. The first kappa shape index (κ1) is 12.3. The lowest BCUT2D eigenvalue weighted by atomic mass is 10.3. The van der Waals surface area contributed by atoms with E-state index in [2.05, 4.69) is 0 Å². The quantitative estimate of drug-likeness (QED) is 0.557. The van der Waals surface area contributed by atoms with Gasteiger partial charge in [0, 0.05) is 6.07 Å². The monoisotopic (exact) mass is 223 g/mol. The third-order valence-electron chi connectivity index (χ3n) is 1.82. The maximum absolute atomic E-state index is 10.4. The number of rotatable bonds is 5. The summed E-state index contributed by atoms with van der Waals surface area (Å²) in [6.07, 6.45) is 0.0580. The molecule has 0 saturated heterocycles. The van der Waals surface area contributed by atoms with Crippen LogP contribution in [0.1, 0.15) is 13.8 Å². The van der Waals surface area contributed by atoms with Crippen LogP contribution in [0.15, 0.2) is 24.3 Å². The van der Waals surface area contributed by atoms with Crippen molar-refractivity contribution in [1.29, 1.82) is 0 Å². The fraction of sp³-hybridized carbons (Fsp3) is 0.364. The van der Waals surface area contributed by atoms with Crippen molar-refractivity contribution in [2.24, 2.45) is 5.84 Å². The maximum Gasteiger partial charge on any atom is 0.121 e. The zero-order valence-electron chi connectivity index (χ0n) is 9.34. The molecule has 0 heterocycles. The summed E-state index contributed by atoms with van der Waals surface area (Å²) in [5.74, 6) is 4.98. The number of hydrogen-bond donors (Lipinski definition) is 1. The first-order valence-electron chi connectivity index (χ1n) is 4.98. The fourth-order valence-electron chi connectivity index (χ4n) is 1.24. The van der Waals surface area contributed by atoms with E-state index in [-0.39, 0.29) is 12.6 Å². The van der Waals surface area contributed by atoms with E-state index >= 15 is 0 Å². The van der Waals surface area contributed by atoms with E-state index in [0.29, 0.717) is 11.4 Å². The second kappa shape index (κ2) is 5.37. The van der Waals surface area contributed by atoms with Crippen molar-refractivity contribution in [3.8, 4) is 5.75 Å². The molecule has 0 amide bonds. The topological polar surface area (TPSA) is 78.6 Å². The van der Waals surface area contributed by atoms with Crippen LogP contribution in [0.3, 0.4) is 0 Å². The third-order valence-corrected chi connectivity index (χ3v) is 1.82. The van der Waals surface area contributed by atoms with Gasteiger partial charge in [-0.2, -0.15) is 0 Å². The summed E-state index contributed by atoms with van der Waals surface area (Å²) in [5.41, 5.74) is 0.572. The molecule has 0 spiro atoms. The van der Waals surface area contributed by atoms with Crippen LogP contribution in [0.25, 0.3) is 0 Å². The SMILES string of the molecule is CC(C)Oc1cccc(N(N)CC(=O)[O-])c1. The molecule has 5 heteroatoms. The summed E-state index contributed by atoms with van der Waals surface area (Å²) in [6, 6.07) is 6.93. The summed E-state index contributed by atoms with van der Waals surface area (Å²) in [4.78, 5) is 10.4. The predicted octanol–water partition coefficient (Wildman–Crippen LogP) is -0.0962. The molecule has 0 radical (unpaired) electrons. The minimum absolute atomic E-state index is 0.0580. The molecule has 88 valence electrons. The van der Waals surface area contributed by atoms with E-state index in [1.807, 2.05) is 13.8 Å². The molecule has 0 atom stereocenters. The van der Waals surface area contributed by atoms with Crippen molar-refractivity contribution < 1.29 is 14.6 Å². The van der Waals surface area contributed by atoms with Crippen molar-refractivity contribution in [1.82, 2.24) is 0 Å². The smallest absolute Gasteiger partial charge is 0.121 e. The van der Waals surface area contributed by atoms with Crippen molar-refractivity contribution in [2.75, 3.05) is 11.6 Å². The molecule has 2 N–H and O–H groups in total. The van der Waals surface area contributed by atoms with Crippen LogP contribution < -0.4 is 20.7 Å². The first-order chi connectivity index (χ1) is 7.49. The number of carbonyl (C=O) groups is 1. The zero-order valence-corrected chi connectivity index (χ0v) is 9.34. The molecular weight excluding hydrogens is 208 g/mol. The van der Waals surface area contributed by atoms with Gasteiger partial charge in [0.1, 0.15) is 5.75 Å². The number of ether oxygens (including phenoxy) is 1. The highest BCUT2D eigenvalue weighted by Crippen LogP contribution is 2.20.